The molecule has 0 aromatic rings. The van der Waals surface area contributed by atoms with Crippen LogP contribution in [-0.4, -0.2) is 23.3 Å². The van der Waals surface area contributed by atoms with Crippen molar-refractivity contribution in [1.29, 1.82) is 0 Å². The molecule has 2 aliphatic rings. The summed E-state index contributed by atoms with van der Waals surface area (Å²) in [4.78, 5) is 11.6. The van der Waals surface area contributed by atoms with E-state index in [1.807, 2.05) is 12.2 Å². The van der Waals surface area contributed by atoms with Crippen LogP contribution >= 0.6 is 0 Å². The maximum absolute atomic E-state index is 11.6. The van der Waals surface area contributed by atoms with E-state index < -0.39 is 0 Å². The van der Waals surface area contributed by atoms with Crippen molar-refractivity contribution < 1.29 is 14.6 Å². The summed E-state index contributed by atoms with van der Waals surface area (Å²) in [6, 6.07) is 0. The first kappa shape index (κ1) is 22.2. The average Bonchev–Trinajstić information content (AvgIpc) is 2.68. The highest BCUT2D eigenvalue weighted by Gasteiger charge is 2.34. The summed E-state index contributed by atoms with van der Waals surface area (Å²) in [5, 5.41) is 10.1. The molecule has 2 fully saturated rings. The van der Waals surface area contributed by atoms with Gasteiger partial charge in [-0.05, 0) is 38.0 Å². The Bertz CT molecular complexity index is 468. The van der Waals surface area contributed by atoms with Crippen LogP contribution in [0.2, 0.25) is 0 Å². The van der Waals surface area contributed by atoms with E-state index in [4.69, 9.17) is 4.74 Å². The molecule has 0 aromatic heterocycles. The largest absolute Gasteiger partial charge is 0.462 e. The summed E-state index contributed by atoms with van der Waals surface area (Å²) in [5.74, 6) is 0.952. The predicted octanol–water partition coefficient (Wildman–Crippen LogP) is 6.11. The Morgan fingerprint density at radius 3 is 2.63 bits per heavy atom. The van der Waals surface area contributed by atoms with Gasteiger partial charge >= 0.3 is 5.97 Å². The first-order valence-corrected chi connectivity index (χ1v) is 11.4. The lowest BCUT2D eigenvalue weighted by molar-refractivity contribution is -0.158. The van der Waals surface area contributed by atoms with E-state index in [1.54, 1.807) is 0 Å². The molecule has 4 atom stereocenters. The number of aliphatic hydroxyl groups excluding tert-OH is 1. The second-order valence-corrected chi connectivity index (χ2v) is 8.43. The normalized spacial score (nSPS) is 27.9. The standard InChI is InChI=1S/C24H40O3/c1-2-3-4-5-6-7-15-21(25)16-10-8-13-20-14-9-11-17-22(20)23-18-12-19-24(26)27-23/h8,10,13,16,20-23,25H,2-7,9,11-12,14-15,17-19H2,1H3. The zero-order valence-electron chi connectivity index (χ0n) is 17.3. The van der Waals surface area contributed by atoms with Gasteiger partial charge in [0.05, 0.1) is 6.10 Å². The Balaban J connectivity index is 1.70. The number of carbonyl (C=O) groups excluding carboxylic acids is 1. The molecule has 1 N–H and O–H groups in total. The van der Waals surface area contributed by atoms with Crippen LogP contribution in [0.5, 0.6) is 0 Å². The van der Waals surface area contributed by atoms with Crippen LogP contribution in [0.4, 0.5) is 0 Å². The Morgan fingerprint density at radius 1 is 1.04 bits per heavy atom. The molecule has 0 amide bonds. The van der Waals surface area contributed by atoms with Crippen LogP contribution < -0.4 is 0 Å². The van der Waals surface area contributed by atoms with Crippen LogP contribution in [0.1, 0.15) is 96.8 Å². The molecule has 1 aliphatic carbocycles. The number of ether oxygens (including phenoxy) is 1. The third-order valence-corrected chi connectivity index (χ3v) is 6.16. The zero-order valence-corrected chi connectivity index (χ0v) is 17.3. The molecule has 0 bridgehead atoms. The molecule has 0 aromatic carbocycles. The highest BCUT2D eigenvalue weighted by Crippen LogP contribution is 2.37. The van der Waals surface area contributed by atoms with Crippen LogP contribution in [0.25, 0.3) is 0 Å². The minimum atomic E-state index is -0.331. The highest BCUT2D eigenvalue weighted by atomic mass is 16.5. The third kappa shape index (κ3) is 8.64. The van der Waals surface area contributed by atoms with E-state index in [2.05, 4.69) is 19.1 Å². The van der Waals surface area contributed by atoms with Gasteiger partial charge in [0.25, 0.3) is 0 Å². The van der Waals surface area contributed by atoms with Gasteiger partial charge in [0.15, 0.2) is 0 Å². The summed E-state index contributed by atoms with van der Waals surface area (Å²) in [6.45, 7) is 2.24. The molecule has 0 spiro atoms. The lowest BCUT2D eigenvalue weighted by Crippen LogP contribution is -2.36. The molecule has 1 saturated heterocycles. The summed E-state index contributed by atoms with van der Waals surface area (Å²) in [5.41, 5.74) is 0. The molecule has 154 valence electrons. The summed E-state index contributed by atoms with van der Waals surface area (Å²) < 4.78 is 5.65. The van der Waals surface area contributed by atoms with Gasteiger partial charge in [0.2, 0.25) is 0 Å². The number of aliphatic hydroxyl groups is 1. The number of allylic oxidation sites excluding steroid dienone is 3. The van der Waals surface area contributed by atoms with E-state index in [0.29, 0.717) is 18.3 Å². The fraction of sp³-hybridized carbons (Fsp3) is 0.792. The van der Waals surface area contributed by atoms with Crippen molar-refractivity contribution in [2.24, 2.45) is 11.8 Å². The number of hydrogen-bond acceptors (Lipinski definition) is 3. The third-order valence-electron chi connectivity index (χ3n) is 6.16. The van der Waals surface area contributed by atoms with Gasteiger partial charge in [-0.2, -0.15) is 0 Å². The molecule has 4 unspecified atom stereocenters. The Kier molecular flexibility index (Phi) is 10.8. The minimum absolute atomic E-state index is 0.0164. The van der Waals surface area contributed by atoms with Crippen LogP contribution in [-0.2, 0) is 9.53 Å². The van der Waals surface area contributed by atoms with Gasteiger partial charge in [-0.25, -0.2) is 0 Å². The monoisotopic (exact) mass is 376 g/mol. The number of unbranched alkanes of at least 4 members (excludes halogenated alkanes) is 5. The predicted molar refractivity (Wildman–Crippen MR) is 111 cm³/mol. The van der Waals surface area contributed by atoms with E-state index in [1.165, 1.54) is 51.4 Å². The van der Waals surface area contributed by atoms with Crippen molar-refractivity contribution in [3.05, 3.63) is 24.3 Å². The molecule has 1 saturated carbocycles. The first-order valence-electron chi connectivity index (χ1n) is 11.4. The van der Waals surface area contributed by atoms with E-state index in [9.17, 15) is 9.90 Å². The molecule has 1 heterocycles. The fourth-order valence-corrected chi connectivity index (χ4v) is 4.55. The Labute approximate surface area is 166 Å². The van der Waals surface area contributed by atoms with E-state index in [-0.39, 0.29) is 18.2 Å². The van der Waals surface area contributed by atoms with Gasteiger partial charge in [-0.15, -0.1) is 0 Å². The van der Waals surface area contributed by atoms with Gasteiger partial charge in [0.1, 0.15) is 6.10 Å². The highest BCUT2D eigenvalue weighted by molar-refractivity contribution is 5.70. The maximum atomic E-state index is 11.6. The van der Waals surface area contributed by atoms with Crippen molar-refractivity contribution in [2.75, 3.05) is 0 Å². The molecule has 3 nitrogen and oxygen atoms in total. The number of cyclic esters (lactones) is 1. The van der Waals surface area contributed by atoms with Crippen molar-refractivity contribution in [1.82, 2.24) is 0 Å². The molecule has 3 heteroatoms. The van der Waals surface area contributed by atoms with Crippen molar-refractivity contribution in [2.45, 2.75) is 109 Å². The lowest BCUT2D eigenvalue weighted by atomic mass is 9.74. The van der Waals surface area contributed by atoms with Crippen molar-refractivity contribution in [3.63, 3.8) is 0 Å². The van der Waals surface area contributed by atoms with Crippen molar-refractivity contribution >= 4 is 5.97 Å². The molecule has 1 aliphatic heterocycles. The smallest absolute Gasteiger partial charge is 0.306 e. The average molecular weight is 377 g/mol. The fourth-order valence-electron chi connectivity index (χ4n) is 4.55. The van der Waals surface area contributed by atoms with Gasteiger partial charge in [-0.1, -0.05) is 82.6 Å². The van der Waals surface area contributed by atoms with Gasteiger partial charge in [0, 0.05) is 12.3 Å². The summed E-state index contributed by atoms with van der Waals surface area (Å²) in [6.07, 6.45) is 23.9. The van der Waals surface area contributed by atoms with E-state index in [0.717, 1.165) is 32.1 Å². The van der Waals surface area contributed by atoms with Gasteiger partial charge < -0.3 is 9.84 Å². The molecule has 0 radical (unpaired) electrons. The van der Waals surface area contributed by atoms with Crippen LogP contribution in [0, 0.1) is 11.8 Å². The molecular weight excluding hydrogens is 336 g/mol. The SMILES string of the molecule is CCCCCCCCC(O)C=CC=CC1CCCCC1C1CCCC(=O)O1. The summed E-state index contributed by atoms with van der Waals surface area (Å²) >= 11 is 0. The second kappa shape index (κ2) is 13.1. The molecular formula is C24H40O3. The number of rotatable bonds is 11. The summed E-state index contributed by atoms with van der Waals surface area (Å²) in [7, 11) is 0. The van der Waals surface area contributed by atoms with Crippen LogP contribution in [0.15, 0.2) is 24.3 Å². The molecule has 2 rings (SSSR count). The second-order valence-electron chi connectivity index (χ2n) is 8.43. The zero-order chi connectivity index (χ0) is 19.3. The topological polar surface area (TPSA) is 46.5 Å². The quantitative estimate of drug-likeness (QED) is 0.269. The maximum Gasteiger partial charge on any atom is 0.306 e. The Morgan fingerprint density at radius 2 is 1.81 bits per heavy atom. The molecule has 27 heavy (non-hydrogen) atoms. The first-order chi connectivity index (χ1) is 13.2. The number of carbonyl (C=O) groups is 1. The minimum Gasteiger partial charge on any atom is -0.462 e. The Hall–Kier alpha value is -1.09. The van der Waals surface area contributed by atoms with Crippen molar-refractivity contribution in [3.8, 4) is 0 Å². The van der Waals surface area contributed by atoms with Crippen LogP contribution in [0.3, 0.4) is 0 Å². The number of esters is 1. The lowest BCUT2D eigenvalue weighted by Gasteiger charge is -2.37. The number of hydrogen-bond donors (Lipinski definition) is 1. The van der Waals surface area contributed by atoms with Gasteiger partial charge in [-0.3, -0.25) is 4.79 Å². The van der Waals surface area contributed by atoms with E-state index >= 15 is 0 Å².